The molecule has 0 heterocycles. The van der Waals surface area contributed by atoms with E-state index in [0.29, 0.717) is 10.7 Å². The van der Waals surface area contributed by atoms with Gasteiger partial charge in [-0.05, 0) is 23.6 Å². The highest BCUT2D eigenvalue weighted by Gasteiger charge is 2.32. The highest BCUT2D eigenvalue weighted by atomic mass is 35.5. The molecule has 0 aliphatic rings. The summed E-state index contributed by atoms with van der Waals surface area (Å²) >= 11 is 5.88. The monoisotopic (exact) mass is 298 g/mol. The second-order valence-corrected chi connectivity index (χ2v) is 6.08. The van der Waals surface area contributed by atoms with Gasteiger partial charge in [0.2, 0.25) is 5.91 Å². The average molecular weight is 299 g/mol. The van der Waals surface area contributed by atoms with Crippen LogP contribution in [0.15, 0.2) is 24.3 Å². The maximum absolute atomic E-state index is 12.4. The Balaban J connectivity index is 3.13. The van der Waals surface area contributed by atoms with Crippen molar-refractivity contribution in [3.8, 4) is 0 Å². The second kappa shape index (κ2) is 6.24. The number of halogens is 1. The fraction of sp³-hybridized carbons (Fsp3) is 0.429. The normalized spacial score (nSPS) is 12.8. The zero-order valence-electron chi connectivity index (χ0n) is 11.8. The molecule has 0 saturated heterocycles. The van der Waals surface area contributed by atoms with E-state index in [4.69, 9.17) is 22.4 Å². The highest BCUT2D eigenvalue weighted by Crippen LogP contribution is 2.24. The number of carboxylic acid groups (broad SMARTS) is 1. The van der Waals surface area contributed by atoms with Gasteiger partial charge in [0, 0.05) is 10.7 Å². The number of nitrogens with zero attached hydrogens (tertiary/aromatic N) is 1. The molecule has 20 heavy (non-hydrogen) atoms. The van der Waals surface area contributed by atoms with E-state index in [2.05, 4.69) is 0 Å². The Morgan fingerprint density at radius 2 is 2.00 bits per heavy atom. The first-order valence-electron chi connectivity index (χ1n) is 6.17. The molecule has 0 bridgehead atoms. The minimum atomic E-state index is -1.11. The molecule has 0 fully saturated rings. The number of benzene rings is 1. The van der Waals surface area contributed by atoms with E-state index >= 15 is 0 Å². The molecule has 1 atom stereocenters. The molecule has 1 unspecified atom stereocenters. The summed E-state index contributed by atoms with van der Waals surface area (Å²) in [6.45, 7) is 5.02. The number of hydrogen-bond donors (Lipinski definition) is 2. The summed E-state index contributed by atoms with van der Waals surface area (Å²) in [5.41, 5.74) is 5.88. The van der Waals surface area contributed by atoms with E-state index < -0.39 is 29.9 Å². The van der Waals surface area contributed by atoms with Crippen molar-refractivity contribution in [2.24, 2.45) is 11.1 Å². The first-order chi connectivity index (χ1) is 9.12. The Morgan fingerprint density at radius 3 is 2.45 bits per heavy atom. The van der Waals surface area contributed by atoms with Crippen molar-refractivity contribution < 1.29 is 14.7 Å². The smallest absolute Gasteiger partial charge is 0.323 e. The number of carboxylic acids is 1. The molecule has 3 N–H and O–H groups in total. The summed E-state index contributed by atoms with van der Waals surface area (Å²) in [6, 6.07) is 5.67. The Morgan fingerprint density at radius 1 is 1.40 bits per heavy atom. The van der Waals surface area contributed by atoms with Gasteiger partial charge in [-0.3, -0.25) is 14.5 Å². The zero-order chi connectivity index (χ0) is 15.5. The number of carbonyl (C=O) groups excluding carboxylic acids is 1. The maximum atomic E-state index is 12.4. The summed E-state index contributed by atoms with van der Waals surface area (Å²) in [6.07, 6.45) is 0. The van der Waals surface area contributed by atoms with Crippen LogP contribution in [0.1, 0.15) is 20.8 Å². The maximum Gasteiger partial charge on any atom is 0.323 e. The predicted molar refractivity (Wildman–Crippen MR) is 78.9 cm³/mol. The van der Waals surface area contributed by atoms with Gasteiger partial charge in [-0.25, -0.2) is 0 Å². The van der Waals surface area contributed by atoms with Crippen LogP contribution in [-0.2, 0) is 9.59 Å². The summed E-state index contributed by atoms with van der Waals surface area (Å²) in [7, 11) is 0. The molecular weight excluding hydrogens is 280 g/mol. The molecule has 1 aromatic rings. The number of anilines is 1. The van der Waals surface area contributed by atoms with Crippen LogP contribution in [0.3, 0.4) is 0 Å². The quantitative estimate of drug-likeness (QED) is 0.892. The molecule has 6 heteroatoms. The Kier molecular flexibility index (Phi) is 5.14. The van der Waals surface area contributed by atoms with Crippen LogP contribution in [0.2, 0.25) is 5.02 Å². The average Bonchev–Trinajstić information content (AvgIpc) is 2.32. The van der Waals surface area contributed by atoms with Crippen LogP contribution in [0.5, 0.6) is 0 Å². The highest BCUT2D eigenvalue weighted by molar-refractivity contribution is 6.31. The van der Waals surface area contributed by atoms with Gasteiger partial charge in [-0.1, -0.05) is 38.4 Å². The molecule has 1 rings (SSSR count). The number of nitrogens with two attached hydrogens (primary N) is 1. The number of aliphatic carboxylic acids is 1. The van der Waals surface area contributed by atoms with Crippen molar-refractivity contribution in [3.63, 3.8) is 0 Å². The van der Waals surface area contributed by atoms with Gasteiger partial charge in [0.25, 0.3) is 0 Å². The van der Waals surface area contributed by atoms with Crippen molar-refractivity contribution in [3.05, 3.63) is 29.3 Å². The van der Waals surface area contributed by atoms with E-state index in [1.54, 1.807) is 18.2 Å². The number of rotatable bonds is 4. The lowest BCUT2D eigenvalue weighted by Crippen LogP contribution is -2.52. The van der Waals surface area contributed by atoms with Crippen molar-refractivity contribution in [1.82, 2.24) is 0 Å². The third-order valence-corrected chi connectivity index (χ3v) is 3.11. The van der Waals surface area contributed by atoms with E-state index in [1.165, 1.54) is 6.07 Å². The summed E-state index contributed by atoms with van der Waals surface area (Å²) in [4.78, 5) is 24.6. The van der Waals surface area contributed by atoms with Crippen LogP contribution >= 0.6 is 11.6 Å². The van der Waals surface area contributed by atoms with Crippen molar-refractivity contribution in [2.45, 2.75) is 26.8 Å². The van der Waals surface area contributed by atoms with E-state index in [-0.39, 0.29) is 0 Å². The fourth-order valence-corrected chi connectivity index (χ4v) is 1.80. The van der Waals surface area contributed by atoms with E-state index in [1.807, 2.05) is 20.8 Å². The van der Waals surface area contributed by atoms with Gasteiger partial charge in [-0.15, -0.1) is 0 Å². The third kappa shape index (κ3) is 4.21. The fourth-order valence-electron chi connectivity index (χ4n) is 1.61. The number of carbonyl (C=O) groups is 2. The third-order valence-electron chi connectivity index (χ3n) is 2.88. The van der Waals surface area contributed by atoms with Crippen molar-refractivity contribution >= 4 is 29.2 Å². The molecule has 0 saturated carbocycles. The van der Waals surface area contributed by atoms with Crippen LogP contribution in [0.25, 0.3) is 0 Å². The summed E-state index contributed by atoms with van der Waals surface area (Å²) in [5.74, 6) is -1.55. The molecule has 0 spiro atoms. The Labute approximate surface area is 123 Å². The number of amides is 1. The van der Waals surface area contributed by atoms with Gasteiger partial charge in [0.05, 0.1) is 6.04 Å². The Hall–Kier alpha value is -1.59. The molecule has 110 valence electrons. The Bertz CT molecular complexity index is 511. The summed E-state index contributed by atoms with van der Waals surface area (Å²) in [5, 5.41) is 9.41. The first-order valence-corrected chi connectivity index (χ1v) is 6.55. The van der Waals surface area contributed by atoms with E-state index in [9.17, 15) is 9.59 Å². The van der Waals surface area contributed by atoms with Gasteiger partial charge in [0.15, 0.2) is 0 Å². The van der Waals surface area contributed by atoms with Gasteiger partial charge < -0.3 is 10.8 Å². The van der Waals surface area contributed by atoms with Crippen LogP contribution in [0, 0.1) is 5.41 Å². The van der Waals surface area contributed by atoms with Crippen LogP contribution in [0.4, 0.5) is 5.69 Å². The SMILES string of the molecule is CC(C)(C)C(N)C(=O)N(CC(=O)O)c1cccc(Cl)c1. The minimum Gasteiger partial charge on any atom is -0.480 e. The van der Waals surface area contributed by atoms with Gasteiger partial charge in [0.1, 0.15) is 6.54 Å². The lowest BCUT2D eigenvalue weighted by molar-refractivity contribution is -0.137. The van der Waals surface area contributed by atoms with Crippen LogP contribution < -0.4 is 10.6 Å². The molecule has 0 radical (unpaired) electrons. The number of hydrogen-bond acceptors (Lipinski definition) is 3. The molecule has 1 amide bonds. The van der Waals surface area contributed by atoms with E-state index in [0.717, 1.165) is 4.90 Å². The molecule has 0 aliphatic heterocycles. The summed E-state index contributed by atoms with van der Waals surface area (Å²) < 4.78 is 0. The zero-order valence-corrected chi connectivity index (χ0v) is 12.5. The molecule has 5 nitrogen and oxygen atoms in total. The molecular formula is C14H19ClN2O3. The van der Waals surface area contributed by atoms with Gasteiger partial charge >= 0.3 is 5.97 Å². The molecule has 0 aliphatic carbocycles. The molecule has 0 aromatic heterocycles. The largest absolute Gasteiger partial charge is 0.480 e. The molecule has 1 aromatic carbocycles. The standard InChI is InChI=1S/C14H19ClN2O3/c1-14(2,3)12(16)13(20)17(8-11(18)19)10-6-4-5-9(15)7-10/h4-7,12H,8,16H2,1-3H3,(H,18,19). The second-order valence-electron chi connectivity index (χ2n) is 5.64. The minimum absolute atomic E-state index is 0.421. The lowest BCUT2D eigenvalue weighted by atomic mass is 9.86. The van der Waals surface area contributed by atoms with Crippen LogP contribution in [-0.4, -0.2) is 29.6 Å². The van der Waals surface area contributed by atoms with Gasteiger partial charge in [-0.2, -0.15) is 0 Å². The predicted octanol–water partition coefficient (Wildman–Crippen LogP) is 2.13. The topological polar surface area (TPSA) is 83.6 Å². The lowest BCUT2D eigenvalue weighted by Gasteiger charge is -2.31. The van der Waals surface area contributed by atoms with Crippen molar-refractivity contribution in [2.75, 3.05) is 11.4 Å². The van der Waals surface area contributed by atoms with Crippen molar-refractivity contribution in [1.29, 1.82) is 0 Å². The first kappa shape index (κ1) is 16.5.